The molecule has 4 aromatic rings. The number of aryl methyl sites for hydroxylation is 1. The molecule has 0 spiro atoms. The van der Waals surface area contributed by atoms with Crippen LogP contribution in [0.1, 0.15) is 21.7 Å². The molecule has 1 N–H and O–H groups in total. The third kappa shape index (κ3) is 3.58. The number of imidazole rings is 2. The molecule has 4 rings (SSSR count). The lowest BCUT2D eigenvalue weighted by molar-refractivity contribution is -0.136. The average Bonchev–Trinajstić information content (AvgIpc) is 3.39. The fourth-order valence-electron chi connectivity index (χ4n) is 2.86. The van der Waals surface area contributed by atoms with Crippen molar-refractivity contribution in [1.82, 2.24) is 24.3 Å². The summed E-state index contributed by atoms with van der Waals surface area (Å²) in [6, 6.07) is 3.98. The first-order valence-corrected chi connectivity index (χ1v) is 8.69. The van der Waals surface area contributed by atoms with Crippen LogP contribution in [0, 0.1) is 0 Å². The Hall–Kier alpha value is -3.27. The number of carbonyl (C=O) groups is 1. The highest BCUT2D eigenvalue weighted by atomic mass is 35.5. The van der Waals surface area contributed by atoms with E-state index in [-0.39, 0.29) is 28.7 Å². The van der Waals surface area contributed by atoms with Crippen molar-refractivity contribution in [2.45, 2.75) is 12.7 Å². The minimum atomic E-state index is -4.71. The predicted octanol–water partition coefficient (Wildman–Crippen LogP) is 3.93. The van der Waals surface area contributed by atoms with Crippen molar-refractivity contribution in [3.63, 3.8) is 0 Å². The van der Waals surface area contributed by atoms with Crippen molar-refractivity contribution >= 4 is 23.2 Å². The standard InChI is InChI=1S/C18H13ClF3N5O2/c1-26-8-11(24-9-26)6-23-17(28)14-15(19)27-7-10(13-3-2-4-29-13)5-12(16(27)25-14)18(20,21)22/h2-5,7-9H,6H2,1H3,(H,23,28). The molecule has 0 saturated heterocycles. The van der Waals surface area contributed by atoms with Crippen molar-refractivity contribution in [3.8, 4) is 11.3 Å². The first kappa shape index (κ1) is 19.1. The maximum absolute atomic E-state index is 13.6. The van der Waals surface area contributed by atoms with Crippen molar-refractivity contribution in [3.05, 3.63) is 65.3 Å². The van der Waals surface area contributed by atoms with Gasteiger partial charge in [0.05, 0.1) is 30.4 Å². The Kier molecular flexibility index (Phi) is 4.58. The molecule has 0 radical (unpaired) electrons. The summed E-state index contributed by atoms with van der Waals surface area (Å²) in [7, 11) is 1.77. The van der Waals surface area contributed by atoms with Crippen LogP contribution in [-0.4, -0.2) is 24.8 Å². The Balaban J connectivity index is 1.76. The average molecular weight is 424 g/mol. The fraction of sp³-hybridized carbons (Fsp3) is 0.167. The van der Waals surface area contributed by atoms with E-state index >= 15 is 0 Å². The molecule has 0 aliphatic carbocycles. The Morgan fingerprint density at radius 1 is 1.34 bits per heavy atom. The molecule has 4 heterocycles. The van der Waals surface area contributed by atoms with Crippen LogP contribution in [0.15, 0.2) is 47.6 Å². The fourth-order valence-corrected chi connectivity index (χ4v) is 3.12. The van der Waals surface area contributed by atoms with Crippen molar-refractivity contribution in [2.75, 3.05) is 0 Å². The zero-order chi connectivity index (χ0) is 20.8. The number of hydrogen-bond acceptors (Lipinski definition) is 4. The van der Waals surface area contributed by atoms with Gasteiger partial charge in [0.15, 0.2) is 11.3 Å². The molecule has 150 valence electrons. The lowest BCUT2D eigenvalue weighted by Crippen LogP contribution is -2.23. The molecule has 0 unspecified atom stereocenters. The summed E-state index contributed by atoms with van der Waals surface area (Å²) in [5.74, 6) is -0.486. The molecule has 4 aromatic heterocycles. The van der Waals surface area contributed by atoms with Crippen molar-refractivity contribution in [1.29, 1.82) is 0 Å². The quantitative estimate of drug-likeness (QED) is 0.539. The Morgan fingerprint density at radius 3 is 2.76 bits per heavy atom. The van der Waals surface area contributed by atoms with E-state index in [4.69, 9.17) is 16.0 Å². The number of alkyl halides is 3. The molecule has 11 heteroatoms. The first-order chi connectivity index (χ1) is 13.7. The van der Waals surface area contributed by atoms with E-state index in [1.807, 2.05) is 0 Å². The van der Waals surface area contributed by atoms with Gasteiger partial charge in [-0.25, -0.2) is 9.97 Å². The predicted molar refractivity (Wildman–Crippen MR) is 97.3 cm³/mol. The summed E-state index contributed by atoms with van der Waals surface area (Å²) in [5.41, 5.74) is -1.09. The molecule has 0 fully saturated rings. The van der Waals surface area contributed by atoms with Crippen LogP contribution in [0.2, 0.25) is 5.15 Å². The van der Waals surface area contributed by atoms with Gasteiger partial charge in [-0.2, -0.15) is 13.2 Å². The molecule has 0 saturated carbocycles. The van der Waals surface area contributed by atoms with Crippen LogP contribution in [0.5, 0.6) is 0 Å². The van der Waals surface area contributed by atoms with E-state index < -0.39 is 23.3 Å². The number of nitrogens with zero attached hydrogens (tertiary/aromatic N) is 4. The third-order valence-corrected chi connectivity index (χ3v) is 4.54. The number of furan rings is 1. The van der Waals surface area contributed by atoms with Crippen LogP contribution < -0.4 is 5.32 Å². The Bertz CT molecular complexity index is 1190. The summed E-state index contributed by atoms with van der Waals surface area (Å²) in [6.07, 6.45) is 1.24. The van der Waals surface area contributed by atoms with Gasteiger partial charge in [0.2, 0.25) is 0 Å². The zero-order valence-corrected chi connectivity index (χ0v) is 15.6. The molecule has 0 aromatic carbocycles. The van der Waals surface area contributed by atoms with Gasteiger partial charge in [0, 0.05) is 25.0 Å². The molecule has 0 aliphatic heterocycles. The van der Waals surface area contributed by atoms with Gasteiger partial charge in [0.1, 0.15) is 10.9 Å². The number of fused-ring (bicyclic) bond motifs is 1. The number of rotatable bonds is 4. The van der Waals surface area contributed by atoms with Crippen molar-refractivity contribution < 1.29 is 22.4 Å². The van der Waals surface area contributed by atoms with Crippen LogP contribution >= 0.6 is 11.6 Å². The van der Waals surface area contributed by atoms with Crippen molar-refractivity contribution in [2.24, 2.45) is 7.05 Å². The molecular formula is C18H13ClF3N5O2. The summed E-state index contributed by atoms with van der Waals surface area (Å²) < 4.78 is 48.8. The highest BCUT2D eigenvalue weighted by Gasteiger charge is 2.36. The number of pyridine rings is 1. The lowest BCUT2D eigenvalue weighted by atomic mass is 10.1. The van der Waals surface area contributed by atoms with Gasteiger partial charge in [-0.15, -0.1) is 0 Å². The molecule has 0 aliphatic rings. The van der Waals surface area contributed by atoms with Crippen LogP contribution in [0.4, 0.5) is 13.2 Å². The number of aromatic nitrogens is 4. The topological polar surface area (TPSA) is 77.4 Å². The molecule has 1 amide bonds. The number of nitrogens with one attached hydrogen (secondary N) is 1. The summed E-state index contributed by atoms with van der Waals surface area (Å²) in [4.78, 5) is 20.4. The largest absolute Gasteiger partial charge is 0.464 e. The monoisotopic (exact) mass is 423 g/mol. The second kappa shape index (κ2) is 6.96. The second-order valence-corrected chi connectivity index (χ2v) is 6.63. The second-order valence-electron chi connectivity index (χ2n) is 6.28. The van der Waals surface area contributed by atoms with E-state index in [1.54, 1.807) is 30.2 Å². The number of carbonyl (C=O) groups excluding carboxylic acids is 1. The van der Waals surface area contributed by atoms with E-state index in [0.29, 0.717) is 5.69 Å². The summed E-state index contributed by atoms with van der Waals surface area (Å²) in [5, 5.41) is 2.32. The van der Waals surface area contributed by atoms with E-state index in [9.17, 15) is 18.0 Å². The third-order valence-electron chi connectivity index (χ3n) is 4.18. The molecular weight excluding hydrogens is 411 g/mol. The molecule has 0 atom stereocenters. The Labute approximate surface area is 166 Å². The summed E-state index contributed by atoms with van der Waals surface area (Å²) >= 11 is 6.22. The van der Waals surface area contributed by atoms with Gasteiger partial charge >= 0.3 is 6.18 Å². The smallest absolute Gasteiger partial charge is 0.420 e. The van der Waals surface area contributed by atoms with Gasteiger partial charge in [-0.05, 0) is 18.2 Å². The van der Waals surface area contributed by atoms with E-state index in [0.717, 1.165) is 10.5 Å². The summed E-state index contributed by atoms with van der Waals surface area (Å²) in [6.45, 7) is 0.0770. The first-order valence-electron chi connectivity index (χ1n) is 8.32. The van der Waals surface area contributed by atoms with E-state index in [1.165, 1.54) is 18.5 Å². The molecule has 29 heavy (non-hydrogen) atoms. The Morgan fingerprint density at radius 2 is 2.14 bits per heavy atom. The normalized spacial score (nSPS) is 11.9. The number of hydrogen-bond donors (Lipinski definition) is 1. The SMILES string of the molecule is Cn1cnc(CNC(=O)c2nc3c(C(F)(F)F)cc(-c4ccco4)cn3c2Cl)c1. The van der Waals surface area contributed by atoms with Gasteiger partial charge < -0.3 is 14.3 Å². The maximum atomic E-state index is 13.6. The highest BCUT2D eigenvalue weighted by molar-refractivity contribution is 6.33. The van der Waals surface area contributed by atoms with Crippen LogP contribution in [0.25, 0.3) is 17.0 Å². The van der Waals surface area contributed by atoms with Gasteiger partial charge in [0.25, 0.3) is 5.91 Å². The maximum Gasteiger partial charge on any atom is 0.420 e. The van der Waals surface area contributed by atoms with Crippen LogP contribution in [0.3, 0.4) is 0 Å². The van der Waals surface area contributed by atoms with E-state index in [2.05, 4.69) is 15.3 Å². The van der Waals surface area contributed by atoms with Gasteiger partial charge in [-0.1, -0.05) is 11.6 Å². The van der Waals surface area contributed by atoms with Gasteiger partial charge in [-0.3, -0.25) is 9.20 Å². The van der Waals surface area contributed by atoms with Crippen LogP contribution in [-0.2, 0) is 19.8 Å². The molecule has 7 nitrogen and oxygen atoms in total. The highest BCUT2D eigenvalue weighted by Crippen LogP contribution is 2.37. The number of halogens is 4. The number of amides is 1. The minimum Gasteiger partial charge on any atom is -0.464 e. The zero-order valence-electron chi connectivity index (χ0n) is 14.9. The molecule has 0 bridgehead atoms. The minimum absolute atomic E-state index is 0.0770. The lowest BCUT2D eigenvalue weighted by Gasteiger charge is -2.10.